The van der Waals surface area contributed by atoms with E-state index in [1.807, 2.05) is 0 Å². The summed E-state index contributed by atoms with van der Waals surface area (Å²) in [5.74, 6) is -1.12. The SMILES string of the molecule is O=C(O)c1cn(C2CN(C(=O)NCc3cn[nH]c3)C2)nn1. The zero-order valence-electron chi connectivity index (χ0n) is 10.9. The molecular weight excluding hydrogens is 278 g/mol. The molecule has 21 heavy (non-hydrogen) atoms. The minimum atomic E-state index is -1.12. The topological polar surface area (TPSA) is 129 Å². The van der Waals surface area contributed by atoms with Gasteiger partial charge in [-0.1, -0.05) is 5.21 Å². The Morgan fingerprint density at radius 1 is 1.48 bits per heavy atom. The fourth-order valence-electron chi connectivity index (χ4n) is 2.01. The zero-order valence-corrected chi connectivity index (χ0v) is 10.9. The van der Waals surface area contributed by atoms with Crippen molar-refractivity contribution in [3.8, 4) is 0 Å². The third-order valence-electron chi connectivity index (χ3n) is 3.25. The summed E-state index contributed by atoms with van der Waals surface area (Å²) in [5.41, 5.74) is 0.792. The van der Waals surface area contributed by atoms with Gasteiger partial charge in [0.05, 0.1) is 18.4 Å². The molecule has 2 amide bonds. The molecule has 1 fully saturated rings. The van der Waals surface area contributed by atoms with Crippen LogP contribution in [-0.2, 0) is 6.54 Å². The van der Waals surface area contributed by atoms with E-state index in [2.05, 4.69) is 25.8 Å². The maximum absolute atomic E-state index is 11.9. The summed E-state index contributed by atoms with van der Waals surface area (Å²) in [6.07, 6.45) is 4.72. The van der Waals surface area contributed by atoms with Crippen molar-refractivity contribution < 1.29 is 14.7 Å². The van der Waals surface area contributed by atoms with E-state index in [0.29, 0.717) is 19.6 Å². The van der Waals surface area contributed by atoms with E-state index >= 15 is 0 Å². The van der Waals surface area contributed by atoms with E-state index in [1.54, 1.807) is 17.3 Å². The molecule has 110 valence electrons. The number of carbonyl (C=O) groups excluding carboxylic acids is 1. The van der Waals surface area contributed by atoms with Crippen LogP contribution in [0, 0.1) is 0 Å². The van der Waals surface area contributed by atoms with Crippen LogP contribution in [0.5, 0.6) is 0 Å². The fraction of sp³-hybridized carbons (Fsp3) is 0.364. The number of H-pyrrole nitrogens is 1. The van der Waals surface area contributed by atoms with Crippen molar-refractivity contribution >= 4 is 12.0 Å². The molecule has 10 nitrogen and oxygen atoms in total. The summed E-state index contributed by atoms with van der Waals surface area (Å²) >= 11 is 0. The molecule has 1 aliphatic rings. The van der Waals surface area contributed by atoms with Crippen LogP contribution in [0.2, 0.25) is 0 Å². The maximum atomic E-state index is 11.9. The van der Waals surface area contributed by atoms with Crippen LogP contribution in [0.25, 0.3) is 0 Å². The average Bonchev–Trinajstić information content (AvgIpc) is 3.06. The first-order valence-electron chi connectivity index (χ1n) is 6.29. The molecule has 0 unspecified atom stereocenters. The van der Waals surface area contributed by atoms with Crippen LogP contribution < -0.4 is 5.32 Å². The number of aromatic amines is 1. The Labute approximate surface area is 118 Å². The number of carboxylic acid groups (broad SMARTS) is 1. The number of aromatic carboxylic acids is 1. The van der Waals surface area contributed by atoms with Crippen molar-refractivity contribution in [3.63, 3.8) is 0 Å². The Hall–Kier alpha value is -2.91. The lowest BCUT2D eigenvalue weighted by atomic mass is 10.1. The van der Waals surface area contributed by atoms with E-state index in [-0.39, 0.29) is 17.8 Å². The van der Waals surface area contributed by atoms with Gasteiger partial charge in [0.25, 0.3) is 0 Å². The molecule has 1 saturated heterocycles. The first-order chi connectivity index (χ1) is 10.1. The number of aromatic nitrogens is 5. The molecule has 0 aromatic carbocycles. The van der Waals surface area contributed by atoms with Crippen LogP contribution in [0.3, 0.4) is 0 Å². The van der Waals surface area contributed by atoms with Gasteiger partial charge in [0, 0.05) is 31.4 Å². The van der Waals surface area contributed by atoms with Gasteiger partial charge in [0.15, 0.2) is 5.69 Å². The van der Waals surface area contributed by atoms with Crippen molar-refractivity contribution in [2.24, 2.45) is 0 Å². The van der Waals surface area contributed by atoms with Gasteiger partial charge < -0.3 is 15.3 Å². The number of likely N-dealkylation sites (tertiary alicyclic amines) is 1. The van der Waals surface area contributed by atoms with Crippen LogP contribution in [0.15, 0.2) is 18.6 Å². The van der Waals surface area contributed by atoms with Gasteiger partial charge in [-0.2, -0.15) is 5.10 Å². The van der Waals surface area contributed by atoms with E-state index < -0.39 is 5.97 Å². The monoisotopic (exact) mass is 291 g/mol. The quantitative estimate of drug-likeness (QED) is 0.694. The Morgan fingerprint density at radius 2 is 2.29 bits per heavy atom. The highest BCUT2D eigenvalue weighted by Crippen LogP contribution is 2.20. The minimum absolute atomic E-state index is 0.0368. The lowest BCUT2D eigenvalue weighted by molar-refractivity contribution is 0.0690. The molecule has 3 N–H and O–H groups in total. The van der Waals surface area contributed by atoms with Crippen LogP contribution >= 0.6 is 0 Å². The zero-order chi connectivity index (χ0) is 14.8. The number of hydrogen-bond acceptors (Lipinski definition) is 5. The number of hydrogen-bond donors (Lipinski definition) is 3. The number of carboxylic acids is 1. The van der Waals surface area contributed by atoms with Crippen molar-refractivity contribution in [1.29, 1.82) is 0 Å². The first-order valence-corrected chi connectivity index (χ1v) is 6.29. The molecule has 0 bridgehead atoms. The van der Waals surface area contributed by atoms with Gasteiger partial charge in [-0.3, -0.25) is 5.10 Å². The third kappa shape index (κ3) is 2.68. The van der Waals surface area contributed by atoms with Crippen molar-refractivity contribution in [1.82, 2.24) is 35.4 Å². The molecule has 0 radical (unpaired) electrons. The van der Waals surface area contributed by atoms with Crippen LogP contribution in [0.1, 0.15) is 22.1 Å². The summed E-state index contributed by atoms with van der Waals surface area (Å²) in [4.78, 5) is 24.2. The Morgan fingerprint density at radius 3 is 2.90 bits per heavy atom. The van der Waals surface area contributed by atoms with Gasteiger partial charge in [-0.15, -0.1) is 5.10 Å². The lowest BCUT2D eigenvalue weighted by Crippen LogP contribution is -2.54. The van der Waals surface area contributed by atoms with E-state index in [1.165, 1.54) is 10.9 Å². The highest BCUT2D eigenvalue weighted by molar-refractivity contribution is 5.84. The van der Waals surface area contributed by atoms with E-state index in [0.717, 1.165) is 5.56 Å². The molecular formula is C11H13N7O3. The minimum Gasteiger partial charge on any atom is -0.476 e. The summed E-state index contributed by atoms with van der Waals surface area (Å²) in [5, 5.41) is 25.3. The van der Waals surface area contributed by atoms with Gasteiger partial charge in [0.1, 0.15) is 0 Å². The normalized spacial score (nSPS) is 14.8. The Bertz CT molecular complexity index is 645. The summed E-state index contributed by atoms with van der Waals surface area (Å²) < 4.78 is 1.48. The molecule has 3 heterocycles. The first kappa shape index (κ1) is 13.1. The van der Waals surface area contributed by atoms with E-state index in [9.17, 15) is 9.59 Å². The second-order valence-corrected chi connectivity index (χ2v) is 4.71. The summed E-state index contributed by atoms with van der Waals surface area (Å²) in [6.45, 7) is 1.35. The van der Waals surface area contributed by atoms with Crippen LogP contribution in [0.4, 0.5) is 4.79 Å². The Kier molecular flexibility index (Phi) is 3.26. The molecule has 0 spiro atoms. The number of rotatable bonds is 4. The maximum Gasteiger partial charge on any atom is 0.358 e. The number of urea groups is 1. The molecule has 3 rings (SSSR count). The predicted octanol–water partition coefficient (Wildman–Crippen LogP) is -0.534. The molecule has 0 saturated carbocycles. The summed E-state index contributed by atoms with van der Waals surface area (Å²) in [6, 6.07) is -0.212. The van der Waals surface area contributed by atoms with Crippen LogP contribution in [-0.4, -0.2) is 60.3 Å². The van der Waals surface area contributed by atoms with Gasteiger partial charge >= 0.3 is 12.0 Å². The van der Waals surface area contributed by atoms with Gasteiger partial charge in [0.2, 0.25) is 0 Å². The molecule has 10 heteroatoms. The van der Waals surface area contributed by atoms with Crippen molar-refractivity contribution in [3.05, 3.63) is 29.8 Å². The number of amides is 2. The summed E-state index contributed by atoms with van der Waals surface area (Å²) in [7, 11) is 0. The van der Waals surface area contributed by atoms with Gasteiger partial charge in [-0.25, -0.2) is 14.3 Å². The second-order valence-electron chi connectivity index (χ2n) is 4.71. The second kappa shape index (κ2) is 5.23. The predicted molar refractivity (Wildman–Crippen MR) is 68.4 cm³/mol. The third-order valence-corrected chi connectivity index (χ3v) is 3.25. The number of nitrogens with one attached hydrogen (secondary N) is 2. The number of nitrogens with zero attached hydrogens (tertiary/aromatic N) is 5. The molecule has 2 aromatic rings. The fourth-order valence-corrected chi connectivity index (χ4v) is 2.01. The molecule has 0 aliphatic carbocycles. The Balaban J connectivity index is 1.48. The van der Waals surface area contributed by atoms with E-state index in [4.69, 9.17) is 5.11 Å². The average molecular weight is 291 g/mol. The lowest BCUT2D eigenvalue weighted by Gasteiger charge is -2.38. The molecule has 1 aliphatic heterocycles. The standard InChI is InChI=1S/C11H13N7O3/c19-10(20)9-6-18(16-15-9)8-4-17(5-8)11(21)12-1-7-2-13-14-3-7/h2-3,6,8H,1,4-5H2,(H,12,21)(H,13,14)(H,19,20). The smallest absolute Gasteiger partial charge is 0.358 e. The highest BCUT2D eigenvalue weighted by Gasteiger charge is 2.33. The highest BCUT2D eigenvalue weighted by atomic mass is 16.4. The molecule has 2 aromatic heterocycles. The largest absolute Gasteiger partial charge is 0.476 e. The van der Waals surface area contributed by atoms with Crippen molar-refractivity contribution in [2.45, 2.75) is 12.6 Å². The van der Waals surface area contributed by atoms with Gasteiger partial charge in [-0.05, 0) is 0 Å². The van der Waals surface area contributed by atoms with Crippen molar-refractivity contribution in [2.75, 3.05) is 13.1 Å². The number of carbonyl (C=O) groups is 2. The molecule has 0 atom stereocenters.